The zero-order valence-electron chi connectivity index (χ0n) is 13.9. The van der Waals surface area contributed by atoms with Crippen LogP contribution in [0.25, 0.3) is 0 Å². The van der Waals surface area contributed by atoms with Crippen molar-refractivity contribution in [2.45, 2.75) is 36.3 Å². The van der Waals surface area contributed by atoms with Gasteiger partial charge >= 0.3 is 0 Å². The third kappa shape index (κ3) is 4.29. The van der Waals surface area contributed by atoms with Gasteiger partial charge < -0.3 is 5.32 Å². The lowest BCUT2D eigenvalue weighted by atomic mass is 10.3. The molecule has 2 aliphatic rings. The standard InChI is InChI=1S/C12H8S2.C9H9NOS/c1-2-5-9(6-3-1)13-12-10-7-4-8-11(12)14-10;11-8-6-9(10-8)12-7-4-2-1-3-5-7/h1-8H;1-5,9H,6H2,(H,10,11). The largest absolute Gasteiger partial charge is 0.343 e. The van der Waals surface area contributed by atoms with Crippen molar-refractivity contribution in [3.05, 3.63) is 78.9 Å². The Bertz CT molecular complexity index is 871. The van der Waals surface area contributed by atoms with Gasteiger partial charge in [-0.1, -0.05) is 66.0 Å². The van der Waals surface area contributed by atoms with Gasteiger partial charge in [-0.3, -0.25) is 4.79 Å². The highest BCUT2D eigenvalue weighted by molar-refractivity contribution is 8.05. The summed E-state index contributed by atoms with van der Waals surface area (Å²) in [6.45, 7) is 0. The molecule has 130 valence electrons. The molecule has 2 heterocycles. The van der Waals surface area contributed by atoms with Gasteiger partial charge in [-0.2, -0.15) is 0 Å². The molecule has 1 amide bonds. The summed E-state index contributed by atoms with van der Waals surface area (Å²) < 4.78 is 0. The molecular formula is C21H17NOS3. The minimum Gasteiger partial charge on any atom is -0.343 e. The number of thioether (sulfide) groups is 1. The van der Waals surface area contributed by atoms with Crippen LogP contribution in [0.2, 0.25) is 0 Å². The van der Waals surface area contributed by atoms with Gasteiger partial charge in [0.1, 0.15) is 0 Å². The molecule has 0 aromatic heterocycles. The molecule has 26 heavy (non-hydrogen) atoms. The lowest BCUT2D eigenvalue weighted by molar-refractivity contribution is -0.126. The van der Waals surface area contributed by atoms with E-state index in [1.54, 1.807) is 11.8 Å². The molecule has 2 aliphatic heterocycles. The van der Waals surface area contributed by atoms with E-state index in [1.807, 2.05) is 41.7 Å². The van der Waals surface area contributed by atoms with Crippen LogP contribution in [-0.4, -0.2) is 11.3 Å². The van der Waals surface area contributed by atoms with Gasteiger partial charge in [0.25, 0.3) is 0 Å². The first-order chi connectivity index (χ1) is 12.8. The highest BCUT2D eigenvalue weighted by Crippen LogP contribution is 2.52. The molecule has 1 saturated heterocycles. The monoisotopic (exact) mass is 395 g/mol. The number of carbonyl (C=O) groups is 1. The fourth-order valence-electron chi connectivity index (χ4n) is 2.50. The number of fused-ring (bicyclic) bond motifs is 2. The highest BCUT2D eigenvalue weighted by Gasteiger charge is 2.25. The van der Waals surface area contributed by atoms with Gasteiger partial charge in [0.05, 0.1) is 11.8 Å². The molecule has 0 aliphatic carbocycles. The van der Waals surface area contributed by atoms with Crippen molar-refractivity contribution in [2.75, 3.05) is 0 Å². The summed E-state index contributed by atoms with van der Waals surface area (Å²) in [5, 5.41) is 3.11. The van der Waals surface area contributed by atoms with E-state index in [9.17, 15) is 4.79 Å². The summed E-state index contributed by atoms with van der Waals surface area (Å²) in [7, 11) is 0. The Morgan fingerprint density at radius 2 is 1.38 bits per heavy atom. The Hall–Kier alpha value is -1.82. The first-order valence-corrected chi connectivity index (χ1v) is 10.8. The van der Waals surface area contributed by atoms with Gasteiger partial charge in [-0.05, 0) is 36.4 Å². The van der Waals surface area contributed by atoms with Crippen molar-refractivity contribution in [1.29, 1.82) is 0 Å². The summed E-state index contributed by atoms with van der Waals surface area (Å²) in [6.07, 6.45) is 0.652. The van der Waals surface area contributed by atoms with E-state index in [2.05, 4.69) is 66.0 Å². The molecular weight excluding hydrogens is 378 g/mol. The van der Waals surface area contributed by atoms with Crippen molar-refractivity contribution in [3.63, 3.8) is 0 Å². The van der Waals surface area contributed by atoms with Gasteiger partial charge in [0, 0.05) is 24.5 Å². The number of hydrogen-bond acceptors (Lipinski definition) is 4. The van der Waals surface area contributed by atoms with E-state index in [0.717, 1.165) is 0 Å². The van der Waals surface area contributed by atoms with E-state index >= 15 is 0 Å². The zero-order valence-corrected chi connectivity index (χ0v) is 16.4. The maximum atomic E-state index is 10.6. The van der Waals surface area contributed by atoms with Crippen LogP contribution in [0.1, 0.15) is 6.42 Å². The van der Waals surface area contributed by atoms with E-state index < -0.39 is 0 Å². The van der Waals surface area contributed by atoms with Crippen LogP contribution >= 0.6 is 35.3 Å². The van der Waals surface area contributed by atoms with Crippen LogP contribution in [0.3, 0.4) is 0 Å². The molecule has 2 bridgehead atoms. The van der Waals surface area contributed by atoms with Crippen LogP contribution in [0.15, 0.2) is 103 Å². The van der Waals surface area contributed by atoms with E-state index in [4.69, 9.17) is 0 Å². The van der Waals surface area contributed by atoms with E-state index in [1.165, 1.54) is 24.5 Å². The smallest absolute Gasteiger partial charge is 0.223 e. The zero-order chi connectivity index (χ0) is 17.8. The Labute approximate surface area is 166 Å². The summed E-state index contributed by atoms with van der Waals surface area (Å²) in [4.78, 5) is 17.4. The Morgan fingerprint density at radius 1 is 0.808 bits per heavy atom. The second-order valence-electron chi connectivity index (χ2n) is 5.79. The topological polar surface area (TPSA) is 29.1 Å². The van der Waals surface area contributed by atoms with E-state index in [-0.39, 0.29) is 5.91 Å². The van der Waals surface area contributed by atoms with E-state index in [0.29, 0.717) is 11.8 Å². The molecule has 5 rings (SSSR count). The normalized spacial score (nSPS) is 16.5. The number of carbonyl (C=O) groups excluding carboxylic acids is 1. The molecule has 1 fully saturated rings. The molecule has 0 spiro atoms. The Morgan fingerprint density at radius 3 is 1.92 bits per heavy atom. The molecule has 5 heteroatoms. The molecule has 3 aromatic carbocycles. The van der Waals surface area contributed by atoms with Crippen LogP contribution in [0.5, 0.6) is 0 Å². The summed E-state index contributed by atoms with van der Waals surface area (Å²) in [5.74, 6) is 0.156. The third-order valence-electron chi connectivity index (χ3n) is 3.84. The number of hydrogen-bond donors (Lipinski definition) is 1. The van der Waals surface area contributed by atoms with Crippen LogP contribution in [0.4, 0.5) is 0 Å². The lowest BCUT2D eigenvalue weighted by Gasteiger charge is -2.25. The molecule has 0 radical (unpaired) electrons. The second-order valence-corrected chi connectivity index (χ2v) is 9.24. The molecule has 3 aromatic rings. The quantitative estimate of drug-likeness (QED) is 0.434. The van der Waals surface area contributed by atoms with Crippen molar-refractivity contribution in [2.24, 2.45) is 0 Å². The summed E-state index contributed by atoms with van der Waals surface area (Å²) >= 11 is 5.44. The summed E-state index contributed by atoms with van der Waals surface area (Å²) in [5.41, 5.74) is 0. The SMILES string of the molecule is O=C1CC(Sc2ccccc2)N1.c1ccc(Sc2c3cccc2S3)cc1. The first-order valence-electron chi connectivity index (χ1n) is 8.33. The number of nitrogens with one attached hydrogen (secondary N) is 1. The second kappa shape index (κ2) is 8.25. The number of β-lactam (4-membered cyclic amide) rings is 1. The minimum absolute atomic E-state index is 0.156. The maximum Gasteiger partial charge on any atom is 0.223 e. The van der Waals surface area contributed by atoms with Crippen molar-refractivity contribution in [1.82, 2.24) is 5.32 Å². The molecule has 1 unspecified atom stereocenters. The fourth-order valence-corrected chi connectivity index (χ4v) is 5.71. The van der Waals surface area contributed by atoms with Gasteiger partial charge in [0.15, 0.2) is 0 Å². The van der Waals surface area contributed by atoms with Gasteiger partial charge in [-0.15, -0.1) is 11.8 Å². The lowest BCUT2D eigenvalue weighted by Crippen LogP contribution is -2.46. The Kier molecular flexibility index (Phi) is 5.58. The van der Waals surface area contributed by atoms with Crippen molar-refractivity contribution < 1.29 is 4.79 Å². The first kappa shape index (κ1) is 17.6. The van der Waals surface area contributed by atoms with Crippen LogP contribution < -0.4 is 5.32 Å². The molecule has 0 saturated carbocycles. The van der Waals surface area contributed by atoms with Crippen LogP contribution in [0, 0.1) is 0 Å². The average molecular weight is 396 g/mol. The predicted molar refractivity (Wildman–Crippen MR) is 110 cm³/mol. The minimum atomic E-state index is 0.156. The molecule has 2 nitrogen and oxygen atoms in total. The van der Waals surface area contributed by atoms with Crippen LogP contribution in [-0.2, 0) is 4.79 Å². The average Bonchev–Trinajstić information content (AvgIpc) is 2.68. The van der Waals surface area contributed by atoms with Crippen molar-refractivity contribution >= 4 is 41.2 Å². The maximum absolute atomic E-state index is 10.6. The van der Waals surface area contributed by atoms with Gasteiger partial charge in [-0.25, -0.2) is 0 Å². The Balaban J connectivity index is 0.000000131. The third-order valence-corrected chi connectivity index (χ3v) is 7.48. The number of benzene rings is 3. The van der Waals surface area contributed by atoms with Gasteiger partial charge in [0.2, 0.25) is 5.91 Å². The predicted octanol–water partition coefficient (Wildman–Crippen LogP) is 5.93. The fraction of sp³-hybridized carbons (Fsp3) is 0.0952. The van der Waals surface area contributed by atoms with Crippen molar-refractivity contribution in [3.8, 4) is 0 Å². The number of amides is 1. The highest BCUT2D eigenvalue weighted by atomic mass is 32.2. The molecule has 1 N–H and O–H groups in total. The molecule has 1 atom stereocenters. The summed E-state index contributed by atoms with van der Waals surface area (Å²) in [6, 6.07) is 27.1. The number of rotatable bonds is 4.